The zero-order chi connectivity index (χ0) is 17.7. The van der Waals surface area contributed by atoms with E-state index in [1.807, 2.05) is 22.6 Å². The van der Waals surface area contributed by atoms with Crippen molar-refractivity contribution >= 4 is 45.8 Å². The van der Waals surface area contributed by atoms with Crippen LogP contribution in [0.4, 0.5) is 19.0 Å². The molecule has 2 aromatic rings. The molecule has 1 aromatic heterocycles. The van der Waals surface area contributed by atoms with Crippen LogP contribution < -0.4 is 9.64 Å². The Labute approximate surface area is 159 Å². The molecule has 0 radical (unpaired) electrons. The van der Waals surface area contributed by atoms with Crippen molar-refractivity contribution in [2.45, 2.75) is 19.0 Å². The van der Waals surface area contributed by atoms with E-state index in [-0.39, 0.29) is 30.0 Å². The van der Waals surface area contributed by atoms with E-state index in [9.17, 15) is 13.2 Å². The van der Waals surface area contributed by atoms with Crippen LogP contribution >= 0.6 is 34.8 Å². The molecule has 10 heteroatoms. The smallest absolute Gasteiger partial charge is 0.265 e. The number of ether oxygens (including phenoxy) is 2. The summed E-state index contributed by atoms with van der Waals surface area (Å²) in [5.41, 5.74) is 0.473. The molecule has 1 fully saturated rings. The van der Waals surface area contributed by atoms with Gasteiger partial charge in [0.25, 0.3) is 11.6 Å². The Morgan fingerprint density at radius 3 is 2.88 bits per heavy atom. The first kappa shape index (κ1) is 16.9. The minimum atomic E-state index is -2.63. The van der Waals surface area contributed by atoms with Crippen LogP contribution in [0.1, 0.15) is 0 Å². The number of anilines is 1. The van der Waals surface area contributed by atoms with Crippen molar-refractivity contribution in [3.63, 3.8) is 0 Å². The van der Waals surface area contributed by atoms with Gasteiger partial charge in [0.15, 0.2) is 17.4 Å². The summed E-state index contributed by atoms with van der Waals surface area (Å²) >= 11 is 6.92. The van der Waals surface area contributed by atoms with E-state index in [1.54, 1.807) is 22.9 Å². The highest BCUT2D eigenvalue weighted by Crippen LogP contribution is 2.38. The lowest BCUT2D eigenvalue weighted by molar-refractivity contribution is 0.106. The van der Waals surface area contributed by atoms with Gasteiger partial charge in [-0.25, -0.2) is 18.2 Å². The lowest BCUT2D eigenvalue weighted by atomic mass is 10.2. The van der Waals surface area contributed by atoms with Crippen LogP contribution in [-0.4, -0.2) is 40.4 Å². The maximum absolute atomic E-state index is 14.4. The Morgan fingerprint density at radius 1 is 1.32 bits per heavy atom. The van der Waals surface area contributed by atoms with Gasteiger partial charge in [-0.3, -0.25) is 4.90 Å². The zero-order valence-corrected chi connectivity index (χ0v) is 15.6. The average Bonchev–Trinajstić information content (AvgIpc) is 3.11. The van der Waals surface area contributed by atoms with Crippen molar-refractivity contribution in [3.05, 3.63) is 27.7 Å². The number of rotatable bonds is 2. The standard InChI is InChI=1S/C15H11F3IN3O2S/c16-11-8(19)2-1-7-12(11)23-4-3-21-5-10(20-14(7)21)22-9(13(17)18)6-24-15(22)25/h1-2,5,9,13H,3-4,6H2/t9-/m0/s1. The third-order valence-corrected chi connectivity index (χ3v) is 5.22. The Bertz CT molecular complexity index is 861. The number of benzene rings is 1. The normalized spacial score (nSPS) is 19.3. The average molecular weight is 481 g/mol. The molecule has 5 nitrogen and oxygen atoms in total. The summed E-state index contributed by atoms with van der Waals surface area (Å²) in [7, 11) is 0. The van der Waals surface area contributed by atoms with E-state index < -0.39 is 18.3 Å². The fourth-order valence-corrected chi connectivity index (χ4v) is 3.61. The molecule has 1 aromatic carbocycles. The Morgan fingerprint density at radius 2 is 2.12 bits per heavy atom. The fraction of sp³-hybridized carbons (Fsp3) is 0.333. The van der Waals surface area contributed by atoms with Crippen LogP contribution in [-0.2, 0) is 11.3 Å². The van der Waals surface area contributed by atoms with Crippen molar-refractivity contribution in [1.82, 2.24) is 9.55 Å². The Kier molecular flexibility index (Phi) is 4.26. The van der Waals surface area contributed by atoms with Crippen molar-refractivity contribution in [2.75, 3.05) is 18.1 Å². The van der Waals surface area contributed by atoms with Gasteiger partial charge in [-0.15, -0.1) is 0 Å². The highest BCUT2D eigenvalue weighted by Gasteiger charge is 2.39. The molecular weight excluding hydrogens is 470 g/mol. The second kappa shape index (κ2) is 6.31. The van der Waals surface area contributed by atoms with Gasteiger partial charge in [0, 0.05) is 6.20 Å². The summed E-state index contributed by atoms with van der Waals surface area (Å²) in [6, 6.07) is 2.14. The number of fused-ring (bicyclic) bond motifs is 3. The van der Waals surface area contributed by atoms with E-state index in [4.69, 9.17) is 21.7 Å². The van der Waals surface area contributed by atoms with Crippen molar-refractivity contribution < 1.29 is 22.6 Å². The summed E-state index contributed by atoms with van der Waals surface area (Å²) in [6.07, 6.45) is -1.02. The molecule has 0 spiro atoms. The van der Waals surface area contributed by atoms with Gasteiger partial charge in [-0.2, -0.15) is 0 Å². The monoisotopic (exact) mass is 481 g/mol. The molecule has 1 atom stereocenters. The van der Waals surface area contributed by atoms with E-state index in [0.29, 0.717) is 21.5 Å². The number of imidazole rings is 1. The van der Waals surface area contributed by atoms with Crippen molar-refractivity contribution in [3.8, 4) is 17.1 Å². The minimum absolute atomic E-state index is 0.0381. The molecule has 4 rings (SSSR count). The molecule has 2 aliphatic heterocycles. The molecule has 1 saturated heterocycles. The molecule has 2 aliphatic rings. The Balaban J connectivity index is 1.82. The highest BCUT2D eigenvalue weighted by atomic mass is 127. The number of aromatic nitrogens is 2. The van der Waals surface area contributed by atoms with Gasteiger partial charge < -0.3 is 14.0 Å². The first-order chi connectivity index (χ1) is 12.0. The molecule has 3 heterocycles. The SMILES string of the molecule is Fc1c(I)ccc2c1OCCn1cc(N3C(=S)OC[C@H]3C(F)F)nc1-2. The van der Waals surface area contributed by atoms with Gasteiger partial charge >= 0.3 is 0 Å². The first-order valence-electron chi connectivity index (χ1n) is 7.40. The molecular formula is C15H11F3IN3O2S. The number of thiocarbonyl (C=S) groups is 1. The van der Waals surface area contributed by atoms with E-state index >= 15 is 0 Å². The summed E-state index contributed by atoms with van der Waals surface area (Å²) in [6.45, 7) is 0.463. The van der Waals surface area contributed by atoms with Gasteiger partial charge in [0.2, 0.25) is 0 Å². The van der Waals surface area contributed by atoms with Crippen LogP contribution in [0.2, 0.25) is 0 Å². The van der Waals surface area contributed by atoms with E-state index in [2.05, 4.69) is 4.98 Å². The maximum Gasteiger partial charge on any atom is 0.265 e. The predicted molar refractivity (Wildman–Crippen MR) is 96.7 cm³/mol. The topological polar surface area (TPSA) is 39.5 Å². The number of hydrogen-bond acceptors (Lipinski definition) is 4. The van der Waals surface area contributed by atoms with Crippen molar-refractivity contribution in [2.24, 2.45) is 0 Å². The number of alkyl halides is 2. The number of hydrogen-bond donors (Lipinski definition) is 0. The van der Waals surface area contributed by atoms with E-state index in [0.717, 1.165) is 0 Å². The quantitative estimate of drug-likeness (QED) is 0.486. The van der Waals surface area contributed by atoms with Gasteiger partial charge in [-0.05, 0) is 46.9 Å². The van der Waals surface area contributed by atoms with Gasteiger partial charge in [-0.1, -0.05) is 0 Å². The molecule has 0 saturated carbocycles. The number of halogens is 4. The van der Waals surface area contributed by atoms with Crippen LogP contribution in [0.5, 0.6) is 5.75 Å². The molecule has 0 bridgehead atoms. The molecule has 0 N–H and O–H groups in total. The molecule has 132 valence electrons. The van der Waals surface area contributed by atoms with Crippen LogP contribution in [0.25, 0.3) is 11.4 Å². The van der Waals surface area contributed by atoms with Crippen LogP contribution in [0.3, 0.4) is 0 Å². The number of nitrogens with zero attached hydrogens (tertiary/aromatic N) is 3. The first-order valence-corrected chi connectivity index (χ1v) is 8.88. The lowest BCUT2D eigenvalue weighted by Gasteiger charge is -2.19. The highest BCUT2D eigenvalue weighted by molar-refractivity contribution is 14.1. The van der Waals surface area contributed by atoms with Crippen LogP contribution in [0.15, 0.2) is 18.3 Å². The summed E-state index contributed by atoms with van der Waals surface area (Å²) in [5.74, 6) is 0.366. The van der Waals surface area contributed by atoms with Crippen LogP contribution in [0, 0.1) is 9.39 Å². The predicted octanol–water partition coefficient (Wildman–Crippen LogP) is 3.44. The lowest BCUT2D eigenvalue weighted by Crippen LogP contribution is -2.38. The van der Waals surface area contributed by atoms with Crippen molar-refractivity contribution in [1.29, 1.82) is 0 Å². The minimum Gasteiger partial charge on any atom is -0.488 e. The summed E-state index contributed by atoms with van der Waals surface area (Å²) in [5, 5.41) is -0.0381. The molecule has 0 amide bonds. The second-order valence-electron chi connectivity index (χ2n) is 5.55. The zero-order valence-electron chi connectivity index (χ0n) is 12.6. The van der Waals surface area contributed by atoms with Gasteiger partial charge in [0.05, 0.1) is 15.7 Å². The second-order valence-corrected chi connectivity index (χ2v) is 7.06. The Hall–Kier alpha value is -1.56. The third kappa shape index (κ3) is 2.75. The molecule has 0 unspecified atom stereocenters. The van der Waals surface area contributed by atoms with E-state index in [1.165, 1.54) is 4.90 Å². The fourth-order valence-electron chi connectivity index (χ4n) is 2.88. The third-order valence-electron chi connectivity index (χ3n) is 4.08. The largest absolute Gasteiger partial charge is 0.488 e. The summed E-state index contributed by atoms with van der Waals surface area (Å²) in [4.78, 5) is 5.64. The molecule has 25 heavy (non-hydrogen) atoms. The maximum atomic E-state index is 14.4. The summed E-state index contributed by atoms with van der Waals surface area (Å²) < 4.78 is 53.7. The van der Waals surface area contributed by atoms with Gasteiger partial charge in [0.1, 0.15) is 25.1 Å². The molecule has 0 aliphatic carbocycles.